The highest BCUT2D eigenvalue weighted by atomic mass is 16.5. The Balaban J connectivity index is 1.43. The summed E-state index contributed by atoms with van der Waals surface area (Å²) in [6.45, 7) is 4.79. The summed E-state index contributed by atoms with van der Waals surface area (Å²) in [5, 5.41) is 7.05. The van der Waals surface area contributed by atoms with Crippen LogP contribution in [0.3, 0.4) is 0 Å². The Hall–Kier alpha value is -3.88. The molecular formula is C24H27N5O4. The lowest BCUT2D eigenvalue weighted by atomic mass is 10.1. The van der Waals surface area contributed by atoms with Crippen LogP contribution >= 0.6 is 0 Å². The molecule has 9 nitrogen and oxygen atoms in total. The SMILES string of the molecule is COc1ccc(C(C)NC(=O)Cn2nc3n(c2=O)CCN(Cc2cccc(C)c2)C3=O)cc1. The topological polar surface area (TPSA) is 98.5 Å². The molecule has 0 saturated heterocycles. The van der Waals surface area contributed by atoms with Crippen LogP contribution in [0.1, 0.15) is 40.3 Å². The molecule has 3 aromatic rings. The number of ether oxygens (including phenoxy) is 1. The van der Waals surface area contributed by atoms with Gasteiger partial charge < -0.3 is 15.0 Å². The molecule has 1 aliphatic heterocycles. The maximum atomic E-state index is 13.0. The summed E-state index contributed by atoms with van der Waals surface area (Å²) >= 11 is 0. The van der Waals surface area contributed by atoms with Crippen LogP contribution in [0.5, 0.6) is 5.75 Å². The third-order valence-electron chi connectivity index (χ3n) is 5.74. The number of nitrogens with zero attached hydrogens (tertiary/aromatic N) is 4. The molecule has 0 aliphatic carbocycles. The molecule has 0 saturated carbocycles. The Morgan fingerprint density at radius 1 is 1.15 bits per heavy atom. The Labute approximate surface area is 191 Å². The fraction of sp³-hybridized carbons (Fsp3) is 0.333. The van der Waals surface area contributed by atoms with Crippen LogP contribution in [0.25, 0.3) is 0 Å². The molecule has 9 heteroatoms. The molecule has 4 rings (SSSR count). The predicted octanol–water partition coefficient (Wildman–Crippen LogP) is 1.90. The van der Waals surface area contributed by atoms with E-state index in [-0.39, 0.29) is 30.2 Å². The monoisotopic (exact) mass is 449 g/mol. The lowest BCUT2D eigenvalue weighted by molar-refractivity contribution is -0.122. The Kier molecular flexibility index (Phi) is 6.30. The molecule has 1 aliphatic rings. The van der Waals surface area contributed by atoms with Gasteiger partial charge in [0.25, 0.3) is 5.91 Å². The van der Waals surface area contributed by atoms with Gasteiger partial charge in [-0.1, -0.05) is 42.0 Å². The van der Waals surface area contributed by atoms with Gasteiger partial charge in [-0.25, -0.2) is 9.48 Å². The fourth-order valence-corrected chi connectivity index (χ4v) is 3.95. The predicted molar refractivity (Wildman–Crippen MR) is 122 cm³/mol. The van der Waals surface area contributed by atoms with Gasteiger partial charge in [0, 0.05) is 19.6 Å². The molecule has 1 N–H and O–H groups in total. The molecule has 33 heavy (non-hydrogen) atoms. The molecule has 1 aromatic heterocycles. The number of hydrogen-bond donors (Lipinski definition) is 1. The molecule has 2 heterocycles. The van der Waals surface area contributed by atoms with Crippen LogP contribution in [0.2, 0.25) is 0 Å². The third-order valence-corrected chi connectivity index (χ3v) is 5.74. The zero-order chi connectivity index (χ0) is 23.5. The van der Waals surface area contributed by atoms with Crippen LogP contribution in [-0.2, 0) is 24.4 Å². The first-order chi connectivity index (χ1) is 15.9. The van der Waals surface area contributed by atoms with Crippen LogP contribution < -0.4 is 15.7 Å². The minimum Gasteiger partial charge on any atom is -0.497 e. The molecule has 1 unspecified atom stereocenters. The first-order valence-corrected chi connectivity index (χ1v) is 10.8. The molecule has 172 valence electrons. The molecule has 0 fully saturated rings. The number of hydrogen-bond acceptors (Lipinski definition) is 5. The van der Waals surface area contributed by atoms with Gasteiger partial charge in [0.2, 0.25) is 11.7 Å². The summed E-state index contributed by atoms with van der Waals surface area (Å²) in [6.07, 6.45) is 0. The second kappa shape index (κ2) is 9.32. The van der Waals surface area contributed by atoms with Crippen LogP contribution in [0.15, 0.2) is 53.3 Å². The van der Waals surface area contributed by atoms with E-state index in [1.807, 2.05) is 62.4 Å². The van der Waals surface area contributed by atoms with Crippen LogP contribution in [0, 0.1) is 6.92 Å². The standard InChI is InChI=1S/C24H27N5O4/c1-16-5-4-6-18(13-16)14-27-11-12-28-22(23(27)31)26-29(24(28)32)15-21(30)25-17(2)19-7-9-20(33-3)10-8-19/h4-10,13,17H,11-12,14-15H2,1-3H3,(H,25,30). The molecule has 1 atom stereocenters. The van der Waals surface area contributed by atoms with E-state index in [2.05, 4.69) is 10.4 Å². The van der Waals surface area contributed by atoms with Gasteiger partial charge >= 0.3 is 5.69 Å². The van der Waals surface area contributed by atoms with E-state index in [0.717, 1.165) is 27.1 Å². The second-order valence-electron chi connectivity index (χ2n) is 8.19. The number of amides is 2. The molecule has 0 spiro atoms. The number of carbonyl (C=O) groups is 2. The van der Waals surface area contributed by atoms with Crippen molar-refractivity contribution in [3.63, 3.8) is 0 Å². The number of aryl methyl sites for hydroxylation is 1. The molecular weight excluding hydrogens is 422 g/mol. The van der Waals surface area contributed by atoms with E-state index in [4.69, 9.17) is 4.74 Å². The smallest absolute Gasteiger partial charge is 0.346 e. The lowest BCUT2D eigenvalue weighted by Crippen LogP contribution is -2.42. The van der Waals surface area contributed by atoms with Gasteiger partial charge in [-0.2, -0.15) is 0 Å². The highest BCUT2D eigenvalue weighted by molar-refractivity contribution is 5.91. The van der Waals surface area contributed by atoms with Gasteiger partial charge in [0.15, 0.2) is 0 Å². The van der Waals surface area contributed by atoms with Gasteiger partial charge in [0.05, 0.1) is 13.2 Å². The van der Waals surface area contributed by atoms with Crippen molar-refractivity contribution in [1.82, 2.24) is 24.6 Å². The normalized spacial score (nSPS) is 14.0. The second-order valence-corrected chi connectivity index (χ2v) is 8.19. The van der Waals surface area contributed by atoms with E-state index in [1.54, 1.807) is 12.0 Å². The van der Waals surface area contributed by atoms with Crippen molar-refractivity contribution < 1.29 is 14.3 Å². The average Bonchev–Trinajstić information content (AvgIpc) is 3.11. The number of methoxy groups -OCH3 is 1. The van der Waals surface area contributed by atoms with E-state index in [9.17, 15) is 14.4 Å². The summed E-state index contributed by atoms with van der Waals surface area (Å²) in [7, 11) is 1.59. The first kappa shape index (κ1) is 22.3. The van der Waals surface area contributed by atoms with Gasteiger partial charge in [-0.05, 0) is 37.1 Å². The van der Waals surface area contributed by atoms with Crippen molar-refractivity contribution in [3.8, 4) is 5.75 Å². The summed E-state index contributed by atoms with van der Waals surface area (Å²) < 4.78 is 7.55. The number of rotatable bonds is 7. The van der Waals surface area contributed by atoms with Crippen LogP contribution in [0.4, 0.5) is 0 Å². The number of carbonyl (C=O) groups excluding carboxylic acids is 2. The summed E-state index contributed by atoms with van der Waals surface area (Å²) in [6, 6.07) is 15.1. The van der Waals surface area contributed by atoms with Crippen molar-refractivity contribution in [2.75, 3.05) is 13.7 Å². The van der Waals surface area contributed by atoms with Crippen LogP contribution in [-0.4, -0.2) is 44.7 Å². The molecule has 2 amide bonds. The third kappa shape index (κ3) is 4.82. The van der Waals surface area contributed by atoms with E-state index < -0.39 is 5.69 Å². The summed E-state index contributed by atoms with van der Waals surface area (Å²) in [4.78, 5) is 39.9. The minimum absolute atomic E-state index is 0.0647. The zero-order valence-electron chi connectivity index (χ0n) is 18.9. The number of fused-ring (bicyclic) bond motifs is 1. The largest absolute Gasteiger partial charge is 0.497 e. The highest BCUT2D eigenvalue weighted by Crippen LogP contribution is 2.17. The quantitative estimate of drug-likeness (QED) is 0.594. The zero-order valence-corrected chi connectivity index (χ0v) is 18.9. The minimum atomic E-state index is -0.458. The first-order valence-electron chi connectivity index (χ1n) is 10.8. The van der Waals surface area contributed by atoms with E-state index in [0.29, 0.717) is 19.6 Å². The van der Waals surface area contributed by atoms with Gasteiger partial charge in [-0.15, -0.1) is 5.10 Å². The van der Waals surface area contributed by atoms with Gasteiger partial charge in [0.1, 0.15) is 12.3 Å². The van der Waals surface area contributed by atoms with Crippen molar-refractivity contribution in [1.29, 1.82) is 0 Å². The number of nitrogens with one attached hydrogen (secondary N) is 1. The van der Waals surface area contributed by atoms with Crippen molar-refractivity contribution in [3.05, 3.63) is 81.5 Å². The number of benzene rings is 2. The van der Waals surface area contributed by atoms with E-state index >= 15 is 0 Å². The Bertz CT molecular complexity index is 1230. The van der Waals surface area contributed by atoms with E-state index in [1.165, 1.54) is 4.57 Å². The summed E-state index contributed by atoms with van der Waals surface area (Å²) in [5.74, 6) is 0.119. The maximum Gasteiger partial charge on any atom is 0.346 e. The van der Waals surface area contributed by atoms with Crippen molar-refractivity contribution in [2.24, 2.45) is 0 Å². The average molecular weight is 450 g/mol. The highest BCUT2D eigenvalue weighted by Gasteiger charge is 2.30. The maximum absolute atomic E-state index is 13.0. The number of aromatic nitrogens is 3. The summed E-state index contributed by atoms with van der Waals surface area (Å²) in [5.41, 5.74) is 2.59. The Morgan fingerprint density at radius 3 is 2.61 bits per heavy atom. The van der Waals surface area contributed by atoms with Crippen molar-refractivity contribution in [2.45, 2.75) is 39.5 Å². The molecule has 0 bridgehead atoms. The Morgan fingerprint density at radius 2 is 1.91 bits per heavy atom. The molecule has 0 radical (unpaired) electrons. The fourth-order valence-electron chi connectivity index (χ4n) is 3.95. The van der Waals surface area contributed by atoms with Gasteiger partial charge in [-0.3, -0.25) is 14.2 Å². The van der Waals surface area contributed by atoms with Crippen molar-refractivity contribution >= 4 is 11.8 Å². The molecule has 2 aromatic carbocycles. The lowest BCUT2D eigenvalue weighted by Gasteiger charge is -2.26.